The summed E-state index contributed by atoms with van der Waals surface area (Å²) in [4.78, 5) is 26.1. The number of aliphatic imine (C=N–C) groups is 2. The minimum Gasteiger partial charge on any atom is -0.494 e. The SMILES string of the molecule is CC1(C)N=C(N)N=C(N)N1OCCCCOc1cccc(C=CC(=O)c2ccccc2)c1. The van der Waals surface area contributed by atoms with Crippen LogP contribution in [0.5, 0.6) is 5.75 Å². The number of hydrogen-bond donors (Lipinski definition) is 2. The van der Waals surface area contributed by atoms with Crippen molar-refractivity contribution in [2.24, 2.45) is 21.5 Å². The van der Waals surface area contributed by atoms with E-state index in [-0.39, 0.29) is 17.7 Å². The zero-order chi connectivity index (χ0) is 23.0. The summed E-state index contributed by atoms with van der Waals surface area (Å²) in [6.07, 6.45) is 4.92. The van der Waals surface area contributed by atoms with Gasteiger partial charge in [-0.2, -0.15) is 10.1 Å². The highest BCUT2D eigenvalue weighted by atomic mass is 16.7. The van der Waals surface area contributed by atoms with Crippen LogP contribution in [0.2, 0.25) is 0 Å². The van der Waals surface area contributed by atoms with Crippen molar-refractivity contribution in [2.45, 2.75) is 32.4 Å². The Hall–Kier alpha value is -3.65. The molecule has 0 aromatic heterocycles. The minimum absolute atomic E-state index is 0.0344. The highest BCUT2D eigenvalue weighted by molar-refractivity contribution is 6.06. The highest BCUT2D eigenvalue weighted by Crippen LogP contribution is 2.20. The average Bonchev–Trinajstić information content (AvgIpc) is 2.76. The summed E-state index contributed by atoms with van der Waals surface area (Å²) in [7, 11) is 0. The van der Waals surface area contributed by atoms with Crippen LogP contribution in [0.15, 0.2) is 70.7 Å². The van der Waals surface area contributed by atoms with Gasteiger partial charge in [-0.1, -0.05) is 48.5 Å². The molecule has 0 saturated heterocycles. The number of unbranched alkanes of at least 4 members (excludes halogenated alkanes) is 1. The van der Waals surface area contributed by atoms with Gasteiger partial charge in [-0.25, -0.2) is 4.99 Å². The number of nitrogens with zero attached hydrogens (tertiary/aromatic N) is 3. The molecule has 0 bridgehead atoms. The second-order valence-electron chi connectivity index (χ2n) is 7.75. The summed E-state index contributed by atoms with van der Waals surface area (Å²) < 4.78 is 5.83. The van der Waals surface area contributed by atoms with E-state index >= 15 is 0 Å². The van der Waals surface area contributed by atoms with Gasteiger partial charge in [0, 0.05) is 5.56 Å². The number of allylic oxidation sites excluding steroid dienone is 1. The molecule has 0 saturated carbocycles. The van der Waals surface area contributed by atoms with Crippen LogP contribution < -0.4 is 16.2 Å². The minimum atomic E-state index is -0.706. The Labute approximate surface area is 188 Å². The Morgan fingerprint density at radius 3 is 2.56 bits per heavy atom. The molecule has 1 aliphatic heterocycles. The Morgan fingerprint density at radius 2 is 1.81 bits per heavy atom. The van der Waals surface area contributed by atoms with Crippen molar-refractivity contribution in [1.82, 2.24) is 5.06 Å². The summed E-state index contributed by atoms with van der Waals surface area (Å²) in [5.41, 5.74) is 12.4. The van der Waals surface area contributed by atoms with Gasteiger partial charge < -0.3 is 16.2 Å². The lowest BCUT2D eigenvalue weighted by Gasteiger charge is -2.36. The molecule has 0 aliphatic carbocycles. The molecule has 0 radical (unpaired) electrons. The number of rotatable bonds is 10. The van der Waals surface area contributed by atoms with Crippen molar-refractivity contribution in [1.29, 1.82) is 0 Å². The third kappa shape index (κ3) is 6.42. The number of benzene rings is 2. The van der Waals surface area contributed by atoms with E-state index in [4.69, 9.17) is 21.0 Å². The number of guanidine groups is 2. The lowest BCUT2D eigenvalue weighted by Crippen LogP contribution is -2.53. The summed E-state index contributed by atoms with van der Waals surface area (Å²) in [5, 5.41) is 1.47. The van der Waals surface area contributed by atoms with E-state index in [2.05, 4.69) is 9.98 Å². The molecule has 0 fully saturated rings. The fourth-order valence-electron chi connectivity index (χ4n) is 3.15. The number of carbonyl (C=O) groups is 1. The smallest absolute Gasteiger partial charge is 0.226 e. The molecule has 8 heteroatoms. The normalized spacial score (nSPS) is 15.4. The number of ether oxygens (including phenoxy) is 1. The third-order valence-electron chi connectivity index (χ3n) is 4.69. The van der Waals surface area contributed by atoms with Crippen molar-refractivity contribution >= 4 is 23.8 Å². The summed E-state index contributed by atoms with van der Waals surface area (Å²) in [6.45, 7) is 4.68. The lowest BCUT2D eigenvalue weighted by molar-refractivity contribution is -0.157. The van der Waals surface area contributed by atoms with E-state index in [1.165, 1.54) is 5.06 Å². The van der Waals surface area contributed by atoms with E-state index in [0.29, 0.717) is 18.8 Å². The maximum absolute atomic E-state index is 12.2. The van der Waals surface area contributed by atoms with Crippen LogP contribution in [-0.4, -0.2) is 41.6 Å². The number of ketones is 1. The summed E-state index contributed by atoms with van der Waals surface area (Å²) >= 11 is 0. The quantitative estimate of drug-likeness (QED) is 0.336. The molecule has 1 aliphatic rings. The van der Waals surface area contributed by atoms with Crippen LogP contribution in [-0.2, 0) is 4.84 Å². The number of hydroxylamine groups is 2. The Balaban J connectivity index is 1.41. The van der Waals surface area contributed by atoms with E-state index in [0.717, 1.165) is 24.2 Å². The van der Waals surface area contributed by atoms with E-state index in [1.807, 2.05) is 56.3 Å². The average molecular weight is 436 g/mol. The molecule has 2 aromatic rings. The molecule has 3 rings (SSSR count). The Morgan fingerprint density at radius 1 is 1.06 bits per heavy atom. The van der Waals surface area contributed by atoms with Gasteiger partial charge in [0.1, 0.15) is 5.75 Å². The first-order valence-electron chi connectivity index (χ1n) is 10.5. The molecule has 0 unspecified atom stereocenters. The highest BCUT2D eigenvalue weighted by Gasteiger charge is 2.32. The van der Waals surface area contributed by atoms with Crippen LogP contribution in [0.3, 0.4) is 0 Å². The predicted octanol–water partition coefficient (Wildman–Crippen LogP) is 3.35. The van der Waals surface area contributed by atoms with Crippen molar-refractivity contribution in [3.8, 4) is 5.75 Å². The van der Waals surface area contributed by atoms with Crippen LogP contribution in [0.1, 0.15) is 42.6 Å². The second kappa shape index (κ2) is 10.6. The third-order valence-corrected chi connectivity index (χ3v) is 4.69. The van der Waals surface area contributed by atoms with E-state index in [1.54, 1.807) is 24.3 Å². The van der Waals surface area contributed by atoms with E-state index < -0.39 is 5.66 Å². The molecular formula is C24H29N5O3. The van der Waals surface area contributed by atoms with Crippen molar-refractivity contribution in [2.75, 3.05) is 13.2 Å². The molecule has 0 spiro atoms. The molecule has 2 aromatic carbocycles. The van der Waals surface area contributed by atoms with Gasteiger partial charge in [0.2, 0.25) is 11.9 Å². The first kappa shape index (κ1) is 23.0. The van der Waals surface area contributed by atoms with Gasteiger partial charge in [-0.15, -0.1) is 0 Å². The number of nitrogens with two attached hydrogens (primary N) is 2. The first-order chi connectivity index (χ1) is 15.3. The Bertz CT molecular complexity index is 1020. The van der Waals surface area contributed by atoms with Crippen molar-refractivity contribution in [3.05, 3.63) is 71.8 Å². The molecule has 0 atom stereocenters. The van der Waals surface area contributed by atoms with Gasteiger partial charge in [-0.05, 0) is 50.5 Å². The van der Waals surface area contributed by atoms with Gasteiger partial charge in [0.25, 0.3) is 0 Å². The maximum atomic E-state index is 12.2. The van der Waals surface area contributed by atoms with Crippen LogP contribution in [0.4, 0.5) is 0 Å². The van der Waals surface area contributed by atoms with Crippen LogP contribution >= 0.6 is 0 Å². The van der Waals surface area contributed by atoms with Gasteiger partial charge >= 0.3 is 0 Å². The number of carbonyl (C=O) groups excluding carboxylic acids is 1. The van der Waals surface area contributed by atoms with Gasteiger partial charge in [-0.3, -0.25) is 9.63 Å². The molecule has 4 N–H and O–H groups in total. The lowest BCUT2D eigenvalue weighted by atomic mass is 10.1. The molecular weight excluding hydrogens is 406 g/mol. The van der Waals surface area contributed by atoms with Crippen molar-refractivity contribution < 1.29 is 14.4 Å². The molecule has 168 valence electrons. The van der Waals surface area contributed by atoms with Gasteiger partial charge in [0.15, 0.2) is 11.4 Å². The first-order valence-corrected chi connectivity index (χ1v) is 10.5. The zero-order valence-electron chi connectivity index (χ0n) is 18.4. The monoisotopic (exact) mass is 435 g/mol. The van der Waals surface area contributed by atoms with E-state index in [9.17, 15) is 4.79 Å². The maximum Gasteiger partial charge on any atom is 0.226 e. The van der Waals surface area contributed by atoms with Crippen molar-refractivity contribution in [3.63, 3.8) is 0 Å². The molecule has 32 heavy (non-hydrogen) atoms. The van der Waals surface area contributed by atoms with Crippen LogP contribution in [0.25, 0.3) is 6.08 Å². The fraction of sp³-hybridized carbons (Fsp3) is 0.292. The zero-order valence-corrected chi connectivity index (χ0v) is 18.4. The Kier molecular flexibility index (Phi) is 7.62. The molecule has 1 heterocycles. The standard InChI is InChI=1S/C24H29N5O3/c1-24(2)28-22(25)27-23(26)29(24)32-16-7-6-15-31-20-12-8-9-18(17-20)13-14-21(30)19-10-4-3-5-11-19/h3-5,8-14,17H,6-7,15-16H2,1-2H3,(H4,25,26,27,28). The summed E-state index contributed by atoms with van der Waals surface area (Å²) in [5.74, 6) is 1.04. The second-order valence-corrected chi connectivity index (χ2v) is 7.75. The van der Waals surface area contributed by atoms with Gasteiger partial charge in [0.05, 0.1) is 13.2 Å². The number of hydrogen-bond acceptors (Lipinski definition) is 8. The fourth-order valence-corrected chi connectivity index (χ4v) is 3.15. The van der Waals surface area contributed by atoms with Crippen LogP contribution in [0, 0.1) is 0 Å². The molecule has 0 amide bonds. The molecule has 8 nitrogen and oxygen atoms in total. The predicted molar refractivity (Wildman–Crippen MR) is 126 cm³/mol. The summed E-state index contributed by atoms with van der Waals surface area (Å²) in [6, 6.07) is 16.8. The largest absolute Gasteiger partial charge is 0.494 e. The topological polar surface area (TPSA) is 116 Å².